The van der Waals surface area contributed by atoms with Crippen LogP contribution in [0.4, 0.5) is 0 Å². The van der Waals surface area contributed by atoms with E-state index in [1.807, 2.05) is 19.2 Å². The first-order chi connectivity index (χ1) is 13.9. The molecule has 3 rings (SSSR count). The summed E-state index contributed by atoms with van der Waals surface area (Å²) in [4.78, 5) is 13.0. The number of hydrogen-bond donors (Lipinski definition) is 1. The number of methoxy groups -OCH3 is 1. The quantitative estimate of drug-likeness (QED) is 0.450. The van der Waals surface area contributed by atoms with Crippen LogP contribution in [0.3, 0.4) is 0 Å². The lowest BCUT2D eigenvalue weighted by Crippen LogP contribution is -3.07. The monoisotopic (exact) mass is 415 g/mol. The Morgan fingerprint density at radius 1 is 1.21 bits per heavy atom. The van der Waals surface area contributed by atoms with E-state index in [-0.39, 0.29) is 12.4 Å². The summed E-state index contributed by atoms with van der Waals surface area (Å²) in [5, 5.41) is 6.86. The highest BCUT2D eigenvalue weighted by Gasteiger charge is 2.15. The van der Waals surface area contributed by atoms with Gasteiger partial charge in [-0.2, -0.15) is 9.78 Å². The summed E-state index contributed by atoms with van der Waals surface area (Å²) in [5.74, 6) is 1.17. The van der Waals surface area contributed by atoms with Crippen LogP contribution in [0.15, 0.2) is 36.4 Å². The Hall–Kier alpha value is -2.71. The van der Waals surface area contributed by atoms with Crippen molar-refractivity contribution in [3.05, 3.63) is 52.6 Å². The summed E-state index contributed by atoms with van der Waals surface area (Å²) in [6, 6.07) is 12.5. The summed E-state index contributed by atoms with van der Waals surface area (Å²) < 4.78 is 14.4. The number of fused-ring (bicyclic) bond motifs is 1. The topological polar surface area (TPSA) is 62.7 Å². The standard InChI is InChI=1S/C21H26N4O3S/c1-5-28-20(26)12-19-22-25(21(29)24(19)3)14-23(2)13-15-6-7-17-11-18(27-4)9-8-16(17)10-15/h6-11H,5,12-14H2,1-4H3/p+1. The fraction of sp³-hybridized carbons (Fsp3) is 0.381. The maximum atomic E-state index is 11.8. The number of benzene rings is 2. The first-order valence-electron chi connectivity index (χ1n) is 9.57. The summed E-state index contributed by atoms with van der Waals surface area (Å²) in [6.07, 6.45) is 0.119. The Balaban J connectivity index is 1.70. The zero-order chi connectivity index (χ0) is 21.0. The van der Waals surface area contributed by atoms with Crippen molar-refractivity contribution in [2.75, 3.05) is 20.8 Å². The van der Waals surface area contributed by atoms with Crippen molar-refractivity contribution in [1.29, 1.82) is 0 Å². The molecule has 0 aliphatic heterocycles. The van der Waals surface area contributed by atoms with Gasteiger partial charge in [-0.1, -0.05) is 18.2 Å². The van der Waals surface area contributed by atoms with E-state index in [1.165, 1.54) is 15.8 Å². The molecular weight excluding hydrogens is 388 g/mol. The van der Waals surface area contributed by atoms with Crippen LogP contribution in [0.2, 0.25) is 0 Å². The van der Waals surface area contributed by atoms with Crippen LogP contribution in [0.25, 0.3) is 10.8 Å². The molecule has 0 bridgehead atoms. The second-order valence-corrected chi connectivity index (χ2v) is 7.44. The van der Waals surface area contributed by atoms with Crippen LogP contribution in [0, 0.1) is 4.77 Å². The zero-order valence-electron chi connectivity index (χ0n) is 17.3. The van der Waals surface area contributed by atoms with E-state index in [2.05, 4.69) is 36.4 Å². The van der Waals surface area contributed by atoms with Gasteiger partial charge in [0.15, 0.2) is 6.67 Å². The number of carbonyl (C=O) groups is 1. The first-order valence-corrected chi connectivity index (χ1v) is 9.98. The van der Waals surface area contributed by atoms with Crippen molar-refractivity contribution >= 4 is 29.0 Å². The van der Waals surface area contributed by atoms with E-state index >= 15 is 0 Å². The van der Waals surface area contributed by atoms with Crippen LogP contribution < -0.4 is 9.64 Å². The van der Waals surface area contributed by atoms with E-state index in [0.717, 1.165) is 17.7 Å². The lowest BCUT2D eigenvalue weighted by atomic mass is 10.1. The molecule has 0 radical (unpaired) electrons. The average molecular weight is 416 g/mol. The highest BCUT2D eigenvalue weighted by molar-refractivity contribution is 7.71. The lowest BCUT2D eigenvalue weighted by molar-refractivity contribution is -0.917. The van der Waals surface area contributed by atoms with Gasteiger partial charge in [0.25, 0.3) is 0 Å². The summed E-state index contributed by atoms with van der Waals surface area (Å²) in [7, 11) is 5.60. The van der Waals surface area contributed by atoms with Gasteiger partial charge in [0.05, 0.1) is 20.8 Å². The fourth-order valence-corrected chi connectivity index (χ4v) is 3.51. The predicted molar refractivity (Wildman–Crippen MR) is 113 cm³/mol. The molecule has 0 amide bonds. The van der Waals surface area contributed by atoms with Gasteiger partial charge in [-0.05, 0) is 48.1 Å². The molecule has 1 aromatic heterocycles. The smallest absolute Gasteiger partial charge is 0.313 e. The molecule has 0 saturated heterocycles. The van der Waals surface area contributed by atoms with Crippen molar-refractivity contribution in [3.63, 3.8) is 0 Å². The van der Waals surface area contributed by atoms with Gasteiger partial charge < -0.3 is 18.9 Å². The van der Waals surface area contributed by atoms with Gasteiger partial charge in [0.1, 0.15) is 24.5 Å². The molecule has 154 valence electrons. The third-order valence-electron chi connectivity index (χ3n) is 4.78. The number of quaternary nitrogens is 1. The van der Waals surface area contributed by atoms with Crippen LogP contribution in [-0.4, -0.2) is 41.1 Å². The van der Waals surface area contributed by atoms with Gasteiger partial charge in [-0.15, -0.1) is 0 Å². The van der Waals surface area contributed by atoms with Crippen LogP contribution >= 0.6 is 12.2 Å². The molecule has 0 spiro atoms. The normalized spacial score (nSPS) is 12.1. The number of rotatable bonds is 8. The molecule has 7 nitrogen and oxygen atoms in total. The number of nitrogens with zero attached hydrogens (tertiary/aromatic N) is 3. The Bertz CT molecular complexity index is 1070. The van der Waals surface area contributed by atoms with Crippen molar-refractivity contribution in [2.24, 2.45) is 7.05 Å². The largest absolute Gasteiger partial charge is 0.497 e. The second-order valence-electron chi connectivity index (χ2n) is 7.08. The third-order valence-corrected chi connectivity index (χ3v) is 5.26. The number of aromatic nitrogens is 3. The molecule has 2 aromatic carbocycles. The third kappa shape index (κ3) is 5.02. The minimum atomic E-state index is -0.295. The van der Waals surface area contributed by atoms with Gasteiger partial charge >= 0.3 is 5.97 Å². The van der Waals surface area contributed by atoms with E-state index in [4.69, 9.17) is 21.7 Å². The van der Waals surface area contributed by atoms with Crippen molar-refractivity contribution < 1.29 is 19.2 Å². The van der Waals surface area contributed by atoms with Gasteiger partial charge in [0, 0.05) is 12.6 Å². The number of esters is 1. The van der Waals surface area contributed by atoms with E-state index in [0.29, 0.717) is 23.9 Å². The van der Waals surface area contributed by atoms with Gasteiger partial charge in [0.2, 0.25) is 4.77 Å². The molecule has 0 fully saturated rings. The Labute approximate surface area is 175 Å². The van der Waals surface area contributed by atoms with E-state index in [1.54, 1.807) is 23.3 Å². The number of carbonyl (C=O) groups excluding carboxylic acids is 1. The molecule has 3 aromatic rings. The van der Waals surface area contributed by atoms with Crippen molar-refractivity contribution in [1.82, 2.24) is 14.3 Å². The average Bonchev–Trinajstić information content (AvgIpc) is 2.95. The van der Waals surface area contributed by atoms with Crippen LogP contribution in [-0.2, 0) is 36.2 Å². The summed E-state index contributed by atoms with van der Waals surface area (Å²) in [6.45, 7) is 3.58. The maximum absolute atomic E-state index is 11.8. The highest BCUT2D eigenvalue weighted by Crippen LogP contribution is 2.21. The number of nitrogens with one attached hydrogen (secondary N) is 1. The Morgan fingerprint density at radius 3 is 2.66 bits per heavy atom. The fourth-order valence-electron chi connectivity index (χ4n) is 3.30. The molecule has 1 unspecified atom stereocenters. The highest BCUT2D eigenvalue weighted by atomic mass is 32.1. The molecule has 8 heteroatoms. The molecule has 1 atom stereocenters. The molecular formula is C21H27N4O3S+. The zero-order valence-corrected chi connectivity index (χ0v) is 18.1. The van der Waals surface area contributed by atoms with Crippen LogP contribution in [0.5, 0.6) is 5.75 Å². The molecule has 1 N–H and O–H groups in total. The molecule has 0 aliphatic rings. The number of ether oxygens (including phenoxy) is 2. The summed E-state index contributed by atoms with van der Waals surface area (Å²) in [5.41, 5.74) is 1.23. The number of hydrogen-bond acceptors (Lipinski definition) is 5. The van der Waals surface area contributed by atoms with Gasteiger partial charge in [-0.3, -0.25) is 4.79 Å². The summed E-state index contributed by atoms with van der Waals surface area (Å²) >= 11 is 5.49. The molecule has 1 heterocycles. The van der Waals surface area contributed by atoms with Crippen LogP contribution in [0.1, 0.15) is 18.3 Å². The predicted octanol–water partition coefficient (Wildman–Crippen LogP) is 1.89. The van der Waals surface area contributed by atoms with E-state index in [9.17, 15) is 4.79 Å². The molecule has 29 heavy (non-hydrogen) atoms. The molecule has 0 aliphatic carbocycles. The van der Waals surface area contributed by atoms with Gasteiger partial charge in [-0.25, -0.2) is 0 Å². The van der Waals surface area contributed by atoms with Crippen molar-refractivity contribution in [3.8, 4) is 5.75 Å². The minimum absolute atomic E-state index is 0.119. The Morgan fingerprint density at radius 2 is 1.93 bits per heavy atom. The lowest BCUT2D eigenvalue weighted by Gasteiger charge is -2.14. The Kier molecular flexibility index (Phi) is 6.66. The van der Waals surface area contributed by atoms with Crippen molar-refractivity contribution in [2.45, 2.75) is 26.6 Å². The first kappa shape index (κ1) is 21.0. The second kappa shape index (κ2) is 9.19. The maximum Gasteiger partial charge on any atom is 0.313 e. The SMILES string of the molecule is CCOC(=O)Cc1nn(C[NH+](C)Cc2ccc3cc(OC)ccc3c2)c(=S)n1C. The minimum Gasteiger partial charge on any atom is -0.497 e. The van der Waals surface area contributed by atoms with E-state index < -0.39 is 0 Å². The molecule has 0 saturated carbocycles.